The van der Waals surface area contributed by atoms with Crippen molar-refractivity contribution in [3.05, 3.63) is 103 Å². The number of carbonyl (C=O) groups is 1. The van der Waals surface area contributed by atoms with E-state index in [2.05, 4.69) is 25.6 Å². The van der Waals surface area contributed by atoms with Gasteiger partial charge in [0.1, 0.15) is 5.69 Å². The molecular formula is C28H24N6O. The van der Waals surface area contributed by atoms with Crippen LogP contribution in [0, 0.1) is 0 Å². The molecule has 35 heavy (non-hydrogen) atoms. The lowest BCUT2D eigenvalue weighted by molar-refractivity contribution is 0.0951. The predicted molar refractivity (Wildman–Crippen MR) is 138 cm³/mol. The molecule has 5 aromatic rings. The summed E-state index contributed by atoms with van der Waals surface area (Å²) in [6.07, 6.45) is 7.18. The molecule has 2 N–H and O–H groups in total. The molecule has 0 spiro atoms. The smallest absolute Gasteiger partial charge is 0.270 e. The second kappa shape index (κ2) is 10.1. The minimum absolute atomic E-state index is 0.244. The maximum Gasteiger partial charge on any atom is 0.270 e. The normalized spacial score (nSPS) is 10.8. The Kier molecular flexibility index (Phi) is 6.39. The SMILES string of the molecule is CNc1ccc(-c2nc3ccnc(C(=O)NCCc4cnccn4)c3cc2-c2ccccc2)cc1. The summed E-state index contributed by atoms with van der Waals surface area (Å²) in [4.78, 5) is 30.8. The van der Waals surface area contributed by atoms with Gasteiger partial charge in [0.05, 0.1) is 16.9 Å². The van der Waals surface area contributed by atoms with Gasteiger partial charge in [-0.2, -0.15) is 0 Å². The molecule has 2 aromatic carbocycles. The van der Waals surface area contributed by atoms with Crippen LogP contribution in [0.25, 0.3) is 33.3 Å². The van der Waals surface area contributed by atoms with Crippen molar-refractivity contribution < 1.29 is 4.79 Å². The summed E-state index contributed by atoms with van der Waals surface area (Å²) in [5.41, 5.74) is 6.73. The van der Waals surface area contributed by atoms with Crippen molar-refractivity contribution in [2.75, 3.05) is 18.9 Å². The van der Waals surface area contributed by atoms with Crippen molar-refractivity contribution in [1.82, 2.24) is 25.3 Å². The van der Waals surface area contributed by atoms with Crippen LogP contribution >= 0.6 is 0 Å². The zero-order chi connectivity index (χ0) is 24.0. The number of hydrogen-bond acceptors (Lipinski definition) is 6. The first-order valence-electron chi connectivity index (χ1n) is 11.4. The zero-order valence-electron chi connectivity index (χ0n) is 19.3. The molecule has 0 atom stereocenters. The third kappa shape index (κ3) is 4.84. The monoisotopic (exact) mass is 460 g/mol. The summed E-state index contributed by atoms with van der Waals surface area (Å²) < 4.78 is 0. The Morgan fingerprint density at radius 3 is 2.46 bits per heavy atom. The van der Waals surface area contributed by atoms with Crippen molar-refractivity contribution in [1.29, 1.82) is 0 Å². The molecule has 0 saturated carbocycles. The molecule has 0 fully saturated rings. The lowest BCUT2D eigenvalue weighted by Crippen LogP contribution is -2.27. The number of pyridine rings is 2. The van der Waals surface area contributed by atoms with E-state index in [-0.39, 0.29) is 5.91 Å². The maximum atomic E-state index is 13.1. The average Bonchev–Trinajstić information content (AvgIpc) is 2.93. The fraction of sp³-hybridized carbons (Fsp3) is 0.107. The van der Waals surface area contributed by atoms with E-state index in [0.717, 1.165) is 33.8 Å². The molecule has 0 aliphatic heterocycles. The number of nitrogens with one attached hydrogen (secondary N) is 2. The molecule has 0 saturated heterocycles. The summed E-state index contributed by atoms with van der Waals surface area (Å²) in [5.74, 6) is -0.244. The van der Waals surface area contributed by atoms with Gasteiger partial charge in [-0.3, -0.25) is 19.7 Å². The Labute approximate surface area is 203 Å². The second-order valence-corrected chi connectivity index (χ2v) is 8.01. The van der Waals surface area contributed by atoms with E-state index < -0.39 is 0 Å². The molecule has 7 heteroatoms. The predicted octanol–water partition coefficient (Wildman–Crippen LogP) is 4.77. The van der Waals surface area contributed by atoms with Gasteiger partial charge in [0.15, 0.2) is 0 Å². The Hall–Kier alpha value is -4.65. The number of anilines is 1. The van der Waals surface area contributed by atoms with Crippen molar-refractivity contribution in [2.45, 2.75) is 6.42 Å². The molecule has 1 amide bonds. The van der Waals surface area contributed by atoms with Crippen LogP contribution in [0.5, 0.6) is 0 Å². The van der Waals surface area contributed by atoms with Crippen molar-refractivity contribution in [2.24, 2.45) is 0 Å². The first kappa shape index (κ1) is 22.2. The number of carbonyl (C=O) groups excluding carboxylic acids is 1. The number of amides is 1. The Morgan fingerprint density at radius 1 is 0.886 bits per heavy atom. The van der Waals surface area contributed by atoms with Crippen LogP contribution in [0.2, 0.25) is 0 Å². The Morgan fingerprint density at radius 2 is 1.71 bits per heavy atom. The van der Waals surface area contributed by atoms with E-state index in [1.54, 1.807) is 24.8 Å². The van der Waals surface area contributed by atoms with Gasteiger partial charge in [-0.05, 0) is 29.8 Å². The van der Waals surface area contributed by atoms with Crippen LogP contribution in [0.15, 0.2) is 91.5 Å². The van der Waals surface area contributed by atoms with Gasteiger partial charge in [-0.25, -0.2) is 4.98 Å². The van der Waals surface area contributed by atoms with E-state index in [9.17, 15) is 4.79 Å². The minimum Gasteiger partial charge on any atom is -0.388 e. The molecule has 0 unspecified atom stereocenters. The van der Waals surface area contributed by atoms with Gasteiger partial charge >= 0.3 is 0 Å². The molecule has 3 aromatic heterocycles. The number of benzene rings is 2. The van der Waals surface area contributed by atoms with Crippen LogP contribution < -0.4 is 10.6 Å². The van der Waals surface area contributed by atoms with Crippen molar-refractivity contribution >= 4 is 22.5 Å². The molecule has 5 rings (SSSR count). The zero-order valence-corrected chi connectivity index (χ0v) is 19.3. The number of rotatable bonds is 7. The number of nitrogens with zero attached hydrogens (tertiary/aromatic N) is 4. The van der Waals surface area contributed by atoms with Crippen LogP contribution in [0.4, 0.5) is 5.69 Å². The van der Waals surface area contributed by atoms with Crippen LogP contribution in [0.1, 0.15) is 16.2 Å². The number of aromatic nitrogens is 4. The fourth-order valence-electron chi connectivity index (χ4n) is 3.98. The first-order valence-corrected chi connectivity index (χ1v) is 11.4. The Bertz CT molecular complexity index is 1450. The van der Waals surface area contributed by atoms with Crippen molar-refractivity contribution in [3.63, 3.8) is 0 Å². The van der Waals surface area contributed by atoms with Gasteiger partial charge in [0.25, 0.3) is 5.91 Å². The molecule has 0 radical (unpaired) electrons. The quantitative estimate of drug-likeness (QED) is 0.364. The standard InChI is InChI=1S/C28H24N6O/c1-29-21-9-7-20(8-10-21)26-23(19-5-3-2-4-6-19)17-24-25(34-26)12-14-32-27(24)28(35)33-13-11-22-18-30-15-16-31-22/h2-10,12,14-18,29H,11,13H2,1H3,(H,33,35). The second-order valence-electron chi connectivity index (χ2n) is 8.01. The van der Waals surface area contributed by atoms with E-state index in [4.69, 9.17) is 4.98 Å². The molecule has 0 bridgehead atoms. The van der Waals surface area contributed by atoms with E-state index in [1.807, 2.05) is 73.8 Å². The van der Waals surface area contributed by atoms with Gasteiger partial charge in [0, 0.05) is 67.0 Å². The largest absolute Gasteiger partial charge is 0.388 e. The molecule has 7 nitrogen and oxygen atoms in total. The molecular weight excluding hydrogens is 436 g/mol. The Balaban J connectivity index is 1.54. The number of hydrogen-bond donors (Lipinski definition) is 2. The lowest BCUT2D eigenvalue weighted by atomic mass is 9.97. The summed E-state index contributed by atoms with van der Waals surface area (Å²) in [6.45, 7) is 0.435. The first-order chi connectivity index (χ1) is 17.2. The van der Waals surface area contributed by atoms with Crippen molar-refractivity contribution in [3.8, 4) is 22.4 Å². The highest BCUT2D eigenvalue weighted by atomic mass is 16.1. The van der Waals surface area contributed by atoms with Crippen LogP contribution in [-0.4, -0.2) is 39.4 Å². The van der Waals surface area contributed by atoms with Gasteiger partial charge in [-0.15, -0.1) is 0 Å². The third-order valence-corrected chi connectivity index (χ3v) is 5.77. The van der Waals surface area contributed by atoms with Crippen LogP contribution in [-0.2, 0) is 6.42 Å². The van der Waals surface area contributed by atoms with Gasteiger partial charge in [-0.1, -0.05) is 42.5 Å². The highest BCUT2D eigenvalue weighted by Crippen LogP contribution is 2.34. The van der Waals surface area contributed by atoms with E-state index >= 15 is 0 Å². The summed E-state index contributed by atoms with van der Waals surface area (Å²) >= 11 is 0. The average molecular weight is 461 g/mol. The summed E-state index contributed by atoms with van der Waals surface area (Å²) in [6, 6.07) is 22.1. The molecule has 0 aliphatic rings. The summed E-state index contributed by atoms with van der Waals surface area (Å²) in [5, 5.41) is 6.81. The lowest BCUT2D eigenvalue weighted by Gasteiger charge is -2.14. The topological polar surface area (TPSA) is 92.7 Å². The highest BCUT2D eigenvalue weighted by molar-refractivity contribution is 6.06. The summed E-state index contributed by atoms with van der Waals surface area (Å²) in [7, 11) is 1.89. The molecule has 172 valence electrons. The molecule has 0 aliphatic carbocycles. The highest BCUT2D eigenvalue weighted by Gasteiger charge is 2.17. The number of fused-ring (bicyclic) bond motifs is 1. The maximum absolute atomic E-state index is 13.1. The van der Waals surface area contributed by atoms with Gasteiger partial charge in [0.2, 0.25) is 0 Å². The van der Waals surface area contributed by atoms with E-state index in [1.165, 1.54) is 0 Å². The minimum atomic E-state index is -0.244. The van der Waals surface area contributed by atoms with Crippen LogP contribution in [0.3, 0.4) is 0 Å². The molecule has 3 heterocycles. The fourth-order valence-corrected chi connectivity index (χ4v) is 3.98. The van der Waals surface area contributed by atoms with E-state index in [0.29, 0.717) is 29.6 Å². The third-order valence-electron chi connectivity index (χ3n) is 5.77. The van der Waals surface area contributed by atoms with Gasteiger partial charge < -0.3 is 10.6 Å².